The molecule has 5 heteroatoms. The lowest BCUT2D eigenvalue weighted by Crippen LogP contribution is -2.49. The zero-order valence-electron chi connectivity index (χ0n) is 15.3. The lowest BCUT2D eigenvalue weighted by Gasteiger charge is -2.38. The Kier molecular flexibility index (Phi) is 5.53. The van der Waals surface area contributed by atoms with Crippen LogP contribution in [0.5, 0.6) is 0 Å². The van der Waals surface area contributed by atoms with Gasteiger partial charge in [0, 0.05) is 36.2 Å². The molecule has 1 aromatic carbocycles. The van der Waals surface area contributed by atoms with Crippen molar-refractivity contribution in [3.63, 3.8) is 0 Å². The van der Waals surface area contributed by atoms with E-state index in [4.69, 9.17) is 16.3 Å². The van der Waals surface area contributed by atoms with Gasteiger partial charge in [0.25, 0.3) is 0 Å². The molecule has 26 heavy (non-hydrogen) atoms. The zero-order valence-corrected chi connectivity index (χ0v) is 16.1. The van der Waals surface area contributed by atoms with Gasteiger partial charge in [-0.1, -0.05) is 36.6 Å². The second-order valence-electron chi connectivity index (χ2n) is 8.23. The second kappa shape index (κ2) is 7.87. The summed E-state index contributed by atoms with van der Waals surface area (Å²) in [5.74, 6) is 0.844. The Morgan fingerprint density at radius 3 is 2.85 bits per heavy atom. The van der Waals surface area contributed by atoms with Gasteiger partial charge in [0.1, 0.15) is 0 Å². The average Bonchev–Trinajstić information content (AvgIpc) is 3.11. The first-order valence-corrected chi connectivity index (χ1v) is 10.4. The largest absolute Gasteiger partial charge is 0.381 e. The van der Waals surface area contributed by atoms with Crippen molar-refractivity contribution in [2.75, 3.05) is 19.8 Å². The summed E-state index contributed by atoms with van der Waals surface area (Å²) in [7, 11) is 0. The van der Waals surface area contributed by atoms with E-state index in [0.29, 0.717) is 18.5 Å². The second-order valence-corrected chi connectivity index (χ2v) is 8.66. The van der Waals surface area contributed by atoms with Crippen LogP contribution >= 0.6 is 11.6 Å². The fraction of sp³-hybridized carbons (Fsp3) is 0.667. The summed E-state index contributed by atoms with van der Waals surface area (Å²) in [6.45, 7) is 2.12. The van der Waals surface area contributed by atoms with Crippen molar-refractivity contribution in [1.29, 1.82) is 0 Å². The fourth-order valence-corrected chi connectivity index (χ4v) is 5.24. The van der Waals surface area contributed by atoms with Crippen molar-refractivity contribution in [2.45, 2.75) is 62.4 Å². The molecular formula is C21H29ClN2O2. The van der Waals surface area contributed by atoms with E-state index in [2.05, 4.69) is 16.7 Å². The highest BCUT2D eigenvalue weighted by Crippen LogP contribution is 2.36. The quantitative estimate of drug-likeness (QED) is 0.846. The van der Waals surface area contributed by atoms with Crippen molar-refractivity contribution in [3.05, 3.63) is 34.9 Å². The van der Waals surface area contributed by atoms with Crippen LogP contribution in [0.1, 0.15) is 50.5 Å². The normalized spacial score (nSPS) is 30.6. The van der Waals surface area contributed by atoms with Crippen LogP contribution in [-0.4, -0.2) is 37.7 Å². The van der Waals surface area contributed by atoms with Crippen LogP contribution in [0.3, 0.4) is 0 Å². The first-order valence-electron chi connectivity index (χ1n) is 10.0. The minimum absolute atomic E-state index is 0.0284. The van der Waals surface area contributed by atoms with E-state index in [0.717, 1.165) is 37.5 Å². The fourth-order valence-electron chi connectivity index (χ4n) is 5.05. The third-order valence-electron chi connectivity index (χ3n) is 6.67. The minimum Gasteiger partial charge on any atom is -0.381 e. The Labute approximate surface area is 161 Å². The predicted octanol–water partition coefficient (Wildman–Crippen LogP) is 3.43. The zero-order chi connectivity index (χ0) is 18.0. The molecule has 0 radical (unpaired) electrons. The van der Waals surface area contributed by atoms with Crippen molar-refractivity contribution in [2.24, 2.45) is 5.92 Å². The van der Waals surface area contributed by atoms with Gasteiger partial charge in [-0.3, -0.25) is 4.79 Å². The molecule has 1 aliphatic carbocycles. The Morgan fingerprint density at radius 1 is 1.27 bits per heavy atom. The number of hydrogen-bond acceptors (Lipinski definition) is 3. The molecule has 2 aliphatic heterocycles. The SMILES string of the molecule is O=C(NCC1(c2cccc(Cl)c2)CCOCC1)C1CC2CCCCC2N1. The number of ether oxygens (including phenoxy) is 1. The van der Waals surface area contributed by atoms with Gasteiger partial charge in [0.05, 0.1) is 6.04 Å². The molecular weight excluding hydrogens is 348 g/mol. The lowest BCUT2D eigenvalue weighted by atomic mass is 9.74. The first-order chi connectivity index (χ1) is 12.7. The molecule has 1 amide bonds. The van der Waals surface area contributed by atoms with Crippen LogP contribution in [-0.2, 0) is 14.9 Å². The highest BCUT2D eigenvalue weighted by molar-refractivity contribution is 6.30. The van der Waals surface area contributed by atoms with Gasteiger partial charge in [0.2, 0.25) is 5.91 Å². The maximum Gasteiger partial charge on any atom is 0.237 e. The molecule has 3 atom stereocenters. The summed E-state index contributed by atoms with van der Waals surface area (Å²) in [6, 6.07) is 8.59. The molecule has 3 unspecified atom stereocenters. The molecule has 2 saturated heterocycles. The highest BCUT2D eigenvalue weighted by atomic mass is 35.5. The third-order valence-corrected chi connectivity index (χ3v) is 6.90. The summed E-state index contributed by atoms with van der Waals surface area (Å²) < 4.78 is 5.59. The van der Waals surface area contributed by atoms with Crippen molar-refractivity contribution in [3.8, 4) is 0 Å². The molecule has 1 aromatic rings. The number of carbonyl (C=O) groups excluding carboxylic acids is 1. The molecule has 4 rings (SSSR count). The molecule has 3 fully saturated rings. The van der Waals surface area contributed by atoms with Gasteiger partial charge >= 0.3 is 0 Å². The van der Waals surface area contributed by atoms with Crippen LogP contribution in [0.25, 0.3) is 0 Å². The van der Waals surface area contributed by atoms with Gasteiger partial charge in [-0.05, 0) is 55.7 Å². The van der Waals surface area contributed by atoms with Crippen molar-refractivity contribution >= 4 is 17.5 Å². The predicted molar refractivity (Wildman–Crippen MR) is 103 cm³/mol. The van der Waals surface area contributed by atoms with E-state index >= 15 is 0 Å². The van der Waals surface area contributed by atoms with Gasteiger partial charge in [0.15, 0.2) is 0 Å². The van der Waals surface area contributed by atoms with Gasteiger partial charge < -0.3 is 15.4 Å². The number of benzene rings is 1. The number of fused-ring (bicyclic) bond motifs is 1. The maximum absolute atomic E-state index is 12.8. The summed E-state index contributed by atoms with van der Waals surface area (Å²) in [4.78, 5) is 12.8. The topological polar surface area (TPSA) is 50.4 Å². The number of halogens is 1. The number of carbonyl (C=O) groups is 1. The molecule has 0 spiro atoms. The highest BCUT2D eigenvalue weighted by Gasteiger charge is 2.40. The van der Waals surface area contributed by atoms with Crippen molar-refractivity contribution in [1.82, 2.24) is 10.6 Å². The van der Waals surface area contributed by atoms with E-state index in [1.807, 2.05) is 18.2 Å². The summed E-state index contributed by atoms with van der Waals surface area (Å²) in [5.41, 5.74) is 1.13. The van der Waals surface area contributed by atoms with E-state index in [9.17, 15) is 4.79 Å². The Bertz CT molecular complexity index is 631. The average molecular weight is 377 g/mol. The maximum atomic E-state index is 12.8. The van der Waals surface area contributed by atoms with Crippen LogP contribution in [0, 0.1) is 5.92 Å². The Balaban J connectivity index is 1.43. The number of hydrogen-bond donors (Lipinski definition) is 2. The molecule has 0 aromatic heterocycles. The van der Waals surface area contributed by atoms with Gasteiger partial charge in [-0.25, -0.2) is 0 Å². The summed E-state index contributed by atoms with van der Waals surface area (Å²) in [6.07, 6.45) is 7.91. The number of rotatable bonds is 4. The van der Waals surface area contributed by atoms with Gasteiger partial charge in [-0.15, -0.1) is 0 Å². The lowest BCUT2D eigenvalue weighted by molar-refractivity contribution is -0.123. The standard InChI is InChI=1S/C21H29ClN2O2/c22-17-6-3-5-16(13-17)21(8-10-26-11-9-21)14-23-20(25)19-12-15-4-1-2-7-18(15)24-19/h3,5-6,13,15,18-19,24H,1-2,4,7-12,14H2,(H,23,25). The molecule has 1 saturated carbocycles. The monoisotopic (exact) mass is 376 g/mol. The molecule has 4 nitrogen and oxygen atoms in total. The van der Waals surface area contributed by atoms with Crippen molar-refractivity contribution < 1.29 is 9.53 Å². The molecule has 0 bridgehead atoms. The summed E-state index contributed by atoms with van der Waals surface area (Å²) in [5, 5.41) is 7.60. The van der Waals surface area contributed by atoms with E-state index < -0.39 is 0 Å². The molecule has 2 N–H and O–H groups in total. The van der Waals surface area contributed by atoms with E-state index in [1.54, 1.807) is 0 Å². The van der Waals surface area contributed by atoms with Crippen LogP contribution in [0.2, 0.25) is 5.02 Å². The van der Waals surface area contributed by atoms with Crippen LogP contribution in [0.15, 0.2) is 24.3 Å². The Morgan fingerprint density at radius 2 is 2.08 bits per heavy atom. The number of amides is 1. The number of nitrogens with one attached hydrogen (secondary N) is 2. The third kappa shape index (κ3) is 3.78. The van der Waals surface area contributed by atoms with Gasteiger partial charge in [-0.2, -0.15) is 0 Å². The molecule has 142 valence electrons. The first kappa shape index (κ1) is 18.3. The van der Waals surface area contributed by atoms with Crippen LogP contribution in [0.4, 0.5) is 0 Å². The summed E-state index contributed by atoms with van der Waals surface area (Å²) >= 11 is 6.23. The van der Waals surface area contributed by atoms with E-state index in [-0.39, 0.29) is 17.4 Å². The van der Waals surface area contributed by atoms with Crippen LogP contribution < -0.4 is 10.6 Å². The van der Waals surface area contributed by atoms with E-state index in [1.165, 1.54) is 31.2 Å². The Hall–Kier alpha value is -1.10. The minimum atomic E-state index is -0.0792. The molecule has 3 aliphatic rings. The smallest absolute Gasteiger partial charge is 0.237 e. The molecule has 2 heterocycles.